The smallest absolute Gasteiger partial charge is 0.343 e. The number of aryl methyl sites for hydroxylation is 1. The number of hydrogen-bond donors (Lipinski definition) is 0. The van der Waals surface area contributed by atoms with Crippen molar-refractivity contribution in [2.24, 2.45) is 0 Å². The fraction of sp³-hybridized carbons (Fsp3) is 0.0870. The molecule has 0 heterocycles. The molecule has 0 aliphatic rings. The molecule has 0 atom stereocenters. The third-order valence-corrected chi connectivity index (χ3v) is 4.10. The van der Waals surface area contributed by atoms with E-state index in [0.717, 1.165) is 5.56 Å². The molecule has 3 aromatic carbocycles. The first-order valence-corrected chi connectivity index (χ1v) is 8.68. The highest BCUT2D eigenvalue weighted by Crippen LogP contribution is 2.15. The van der Waals surface area contributed by atoms with E-state index in [2.05, 4.69) is 0 Å². The number of carbonyl (C=O) groups is 3. The molecule has 0 aromatic heterocycles. The quantitative estimate of drug-likeness (QED) is 0.366. The first kappa shape index (κ1) is 19.0. The van der Waals surface area contributed by atoms with Gasteiger partial charge in [-0.25, -0.2) is 9.59 Å². The van der Waals surface area contributed by atoms with E-state index in [1.165, 1.54) is 24.3 Å². The van der Waals surface area contributed by atoms with Crippen LogP contribution in [0.15, 0.2) is 78.9 Å². The second-order valence-corrected chi connectivity index (χ2v) is 6.09. The molecule has 0 amide bonds. The Bertz CT molecular complexity index is 991. The van der Waals surface area contributed by atoms with Gasteiger partial charge in [-0.05, 0) is 55.0 Å². The molecule has 0 unspecified atom stereocenters. The maximum absolute atomic E-state index is 12.2. The summed E-state index contributed by atoms with van der Waals surface area (Å²) in [6.07, 6.45) is 0. The Kier molecular flexibility index (Phi) is 5.97. The highest BCUT2D eigenvalue weighted by molar-refractivity contribution is 5.99. The van der Waals surface area contributed by atoms with Crippen LogP contribution in [0, 0.1) is 6.92 Å². The Balaban J connectivity index is 1.57. The zero-order valence-corrected chi connectivity index (χ0v) is 15.3. The predicted octanol–water partition coefficient (Wildman–Crippen LogP) is 4.25. The lowest BCUT2D eigenvalue weighted by molar-refractivity contribution is 0.0474. The molecule has 140 valence electrons. The van der Waals surface area contributed by atoms with Gasteiger partial charge in [0.1, 0.15) is 5.75 Å². The summed E-state index contributed by atoms with van der Waals surface area (Å²) in [5.74, 6) is -1.04. The molecule has 0 saturated carbocycles. The van der Waals surface area contributed by atoms with Crippen molar-refractivity contribution < 1.29 is 23.9 Å². The van der Waals surface area contributed by atoms with Crippen molar-refractivity contribution in [2.75, 3.05) is 6.61 Å². The molecule has 0 aliphatic heterocycles. The third kappa shape index (κ3) is 4.71. The first-order chi connectivity index (χ1) is 13.5. The van der Waals surface area contributed by atoms with Crippen LogP contribution in [0.25, 0.3) is 0 Å². The first-order valence-electron chi connectivity index (χ1n) is 8.68. The molecule has 0 saturated heterocycles. The SMILES string of the molecule is Cc1ccccc1C(=O)OCC(=O)c1ccc(OC(=O)c2ccccc2)cc1. The molecule has 5 nitrogen and oxygen atoms in total. The summed E-state index contributed by atoms with van der Waals surface area (Å²) < 4.78 is 10.4. The van der Waals surface area contributed by atoms with Gasteiger partial charge in [-0.1, -0.05) is 36.4 Å². The number of rotatable bonds is 6. The van der Waals surface area contributed by atoms with Crippen molar-refractivity contribution in [1.82, 2.24) is 0 Å². The average Bonchev–Trinajstić information content (AvgIpc) is 2.73. The summed E-state index contributed by atoms with van der Waals surface area (Å²) >= 11 is 0. The minimum Gasteiger partial charge on any atom is -0.454 e. The van der Waals surface area contributed by atoms with Gasteiger partial charge in [0.2, 0.25) is 0 Å². The summed E-state index contributed by atoms with van der Waals surface area (Å²) in [4.78, 5) is 36.3. The largest absolute Gasteiger partial charge is 0.454 e. The second-order valence-electron chi connectivity index (χ2n) is 6.09. The topological polar surface area (TPSA) is 69.7 Å². The number of Topliss-reactive ketones (excluding diaryl/α,β-unsaturated/α-hetero) is 1. The number of benzene rings is 3. The zero-order valence-electron chi connectivity index (χ0n) is 15.3. The van der Waals surface area contributed by atoms with Crippen LogP contribution in [0.4, 0.5) is 0 Å². The predicted molar refractivity (Wildman–Crippen MR) is 104 cm³/mol. The second kappa shape index (κ2) is 8.77. The number of hydrogen-bond acceptors (Lipinski definition) is 5. The van der Waals surface area contributed by atoms with Crippen molar-refractivity contribution in [2.45, 2.75) is 6.92 Å². The number of esters is 2. The van der Waals surface area contributed by atoms with Crippen LogP contribution in [0.2, 0.25) is 0 Å². The van der Waals surface area contributed by atoms with Crippen LogP contribution >= 0.6 is 0 Å². The third-order valence-electron chi connectivity index (χ3n) is 4.10. The van der Waals surface area contributed by atoms with Crippen LogP contribution in [-0.2, 0) is 4.74 Å². The Morgan fingerprint density at radius 1 is 0.714 bits per heavy atom. The van der Waals surface area contributed by atoms with E-state index in [1.807, 2.05) is 12.1 Å². The maximum Gasteiger partial charge on any atom is 0.343 e. The lowest BCUT2D eigenvalue weighted by atomic mass is 10.1. The average molecular weight is 374 g/mol. The summed E-state index contributed by atoms with van der Waals surface area (Å²) in [5, 5.41) is 0. The van der Waals surface area contributed by atoms with Gasteiger partial charge in [0.25, 0.3) is 0 Å². The number of carbonyl (C=O) groups excluding carboxylic acids is 3. The van der Waals surface area contributed by atoms with Crippen molar-refractivity contribution in [3.63, 3.8) is 0 Å². The molecule has 3 rings (SSSR count). The highest BCUT2D eigenvalue weighted by atomic mass is 16.5. The number of ether oxygens (including phenoxy) is 2. The number of ketones is 1. The highest BCUT2D eigenvalue weighted by Gasteiger charge is 2.14. The molecule has 28 heavy (non-hydrogen) atoms. The Labute approximate surface area is 162 Å². The minimum absolute atomic E-state index is 0.322. The molecular weight excluding hydrogens is 356 g/mol. The van der Waals surface area contributed by atoms with E-state index < -0.39 is 11.9 Å². The van der Waals surface area contributed by atoms with Crippen LogP contribution in [0.3, 0.4) is 0 Å². The lowest BCUT2D eigenvalue weighted by Gasteiger charge is -2.07. The zero-order chi connectivity index (χ0) is 19.9. The molecular formula is C23H18O5. The summed E-state index contributed by atoms with van der Waals surface area (Å²) in [6, 6.07) is 21.7. The van der Waals surface area contributed by atoms with Gasteiger partial charge in [-0.3, -0.25) is 4.79 Å². The molecule has 3 aromatic rings. The van der Waals surface area contributed by atoms with E-state index >= 15 is 0 Å². The normalized spacial score (nSPS) is 10.2. The molecule has 5 heteroatoms. The molecule has 0 aliphatic carbocycles. The van der Waals surface area contributed by atoms with Gasteiger partial charge in [-0.2, -0.15) is 0 Å². The molecule has 0 N–H and O–H groups in total. The Morgan fingerprint density at radius 3 is 2.04 bits per heavy atom. The van der Waals surface area contributed by atoms with E-state index in [4.69, 9.17) is 9.47 Å². The molecule has 0 spiro atoms. The Morgan fingerprint density at radius 2 is 1.36 bits per heavy atom. The van der Waals surface area contributed by atoms with E-state index in [-0.39, 0.29) is 12.4 Å². The summed E-state index contributed by atoms with van der Waals surface area (Å²) in [7, 11) is 0. The van der Waals surface area contributed by atoms with Gasteiger partial charge in [0, 0.05) is 5.56 Å². The fourth-order valence-corrected chi connectivity index (χ4v) is 2.54. The van der Waals surface area contributed by atoms with Crippen LogP contribution in [-0.4, -0.2) is 24.3 Å². The maximum atomic E-state index is 12.2. The van der Waals surface area contributed by atoms with Crippen molar-refractivity contribution in [1.29, 1.82) is 0 Å². The summed E-state index contributed by atoms with van der Waals surface area (Å²) in [6.45, 7) is 1.43. The Hall–Kier alpha value is -3.73. The van der Waals surface area contributed by atoms with Crippen molar-refractivity contribution >= 4 is 17.7 Å². The van der Waals surface area contributed by atoms with Gasteiger partial charge in [0.05, 0.1) is 11.1 Å². The monoisotopic (exact) mass is 374 g/mol. The standard InChI is InChI=1S/C23H18O5/c1-16-7-5-6-10-20(16)23(26)27-15-21(24)17-11-13-19(14-12-17)28-22(25)18-8-3-2-4-9-18/h2-14H,15H2,1H3. The van der Waals surface area contributed by atoms with Crippen LogP contribution in [0.5, 0.6) is 5.75 Å². The molecule has 0 bridgehead atoms. The van der Waals surface area contributed by atoms with E-state index in [1.54, 1.807) is 49.4 Å². The van der Waals surface area contributed by atoms with Crippen LogP contribution in [0.1, 0.15) is 36.6 Å². The minimum atomic E-state index is -0.542. The van der Waals surface area contributed by atoms with Gasteiger partial charge in [0.15, 0.2) is 12.4 Å². The van der Waals surface area contributed by atoms with Crippen LogP contribution < -0.4 is 4.74 Å². The molecule has 0 fully saturated rings. The van der Waals surface area contributed by atoms with E-state index in [9.17, 15) is 14.4 Å². The van der Waals surface area contributed by atoms with Crippen molar-refractivity contribution in [3.05, 3.63) is 101 Å². The van der Waals surface area contributed by atoms with Gasteiger partial charge >= 0.3 is 11.9 Å². The van der Waals surface area contributed by atoms with Gasteiger partial charge < -0.3 is 9.47 Å². The molecule has 0 radical (unpaired) electrons. The lowest BCUT2D eigenvalue weighted by Crippen LogP contribution is -2.15. The van der Waals surface area contributed by atoms with Gasteiger partial charge in [-0.15, -0.1) is 0 Å². The van der Waals surface area contributed by atoms with E-state index in [0.29, 0.717) is 22.4 Å². The fourth-order valence-electron chi connectivity index (χ4n) is 2.54. The van der Waals surface area contributed by atoms with Crippen molar-refractivity contribution in [3.8, 4) is 5.75 Å². The summed E-state index contributed by atoms with van der Waals surface area (Å²) in [5.41, 5.74) is 2.01.